The van der Waals surface area contributed by atoms with Crippen molar-refractivity contribution in [3.63, 3.8) is 0 Å². The number of carbonyl (C=O) groups is 2. The van der Waals surface area contributed by atoms with Crippen LogP contribution in [0.4, 0.5) is 5.69 Å². The molecule has 2 rings (SSSR count). The first-order chi connectivity index (χ1) is 11.9. The van der Waals surface area contributed by atoms with E-state index in [1.165, 1.54) is 31.0 Å². The second kappa shape index (κ2) is 9.34. The molecule has 0 aliphatic heterocycles. The largest absolute Gasteiger partial charge is 0.465 e. The molecule has 0 saturated heterocycles. The molecule has 4 nitrogen and oxygen atoms in total. The van der Waals surface area contributed by atoms with Crippen molar-refractivity contribution in [2.75, 3.05) is 18.2 Å². The summed E-state index contributed by atoms with van der Waals surface area (Å²) in [6, 6.07) is 9.88. The molecule has 0 aliphatic carbocycles. The van der Waals surface area contributed by atoms with Crippen LogP contribution in [0.1, 0.15) is 15.9 Å². The van der Waals surface area contributed by atoms with Gasteiger partial charge in [-0.1, -0.05) is 40.9 Å². The summed E-state index contributed by atoms with van der Waals surface area (Å²) < 4.78 is 4.65. The van der Waals surface area contributed by atoms with Crippen molar-refractivity contribution >= 4 is 64.1 Å². The zero-order valence-electron chi connectivity index (χ0n) is 13.1. The van der Waals surface area contributed by atoms with E-state index in [2.05, 4.69) is 10.1 Å². The third kappa shape index (κ3) is 5.82. The van der Waals surface area contributed by atoms with Crippen LogP contribution < -0.4 is 5.32 Å². The summed E-state index contributed by atoms with van der Waals surface area (Å²) in [6.45, 7) is 0. The van der Waals surface area contributed by atoms with Crippen molar-refractivity contribution in [3.05, 3.63) is 62.6 Å². The molecule has 8 heteroatoms. The highest BCUT2D eigenvalue weighted by Crippen LogP contribution is 2.25. The fourth-order valence-corrected chi connectivity index (χ4v) is 3.54. The Morgan fingerprint density at radius 1 is 1.08 bits per heavy atom. The molecule has 0 aromatic heterocycles. The van der Waals surface area contributed by atoms with Crippen LogP contribution in [0.5, 0.6) is 0 Å². The number of methoxy groups -OCH3 is 1. The number of amides is 1. The van der Waals surface area contributed by atoms with Crippen molar-refractivity contribution in [1.29, 1.82) is 0 Å². The number of rotatable bonds is 6. The SMILES string of the molecule is COC(=O)c1cc(NC(=O)CSCc2ccc(Cl)cc2Cl)ccc1Cl. The molecule has 0 heterocycles. The maximum Gasteiger partial charge on any atom is 0.339 e. The predicted molar refractivity (Wildman–Crippen MR) is 104 cm³/mol. The molecule has 132 valence electrons. The summed E-state index contributed by atoms with van der Waals surface area (Å²) in [5, 5.41) is 4.12. The first kappa shape index (κ1) is 19.9. The molecule has 2 aromatic carbocycles. The highest BCUT2D eigenvalue weighted by molar-refractivity contribution is 7.99. The lowest BCUT2D eigenvalue weighted by Gasteiger charge is -2.09. The number of hydrogen-bond acceptors (Lipinski definition) is 4. The normalized spacial score (nSPS) is 10.4. The number of benzene rings is 2. The average molecular weight is 419 g/mol. The van der Waals surface area contributed by atoms with Gasteiger partial charge in [-0.2, -0.15) is 0 Å². The number of ether oxygens (including phenoxy) is 1. The number of anilines is 1. The van der Waals surface area contributed by atoms with E-state index >= 15 is 0 Å². The summed E-state index contributed by atoms with van der Waals surface area (Å²) in [4.78, 5) is 23.7. The van der Waals surface area contributed by atoms with Gasteiger partial charge in [-0.25, -0.2) is 4.79 Å². The van der Waals surface area contributed by atoms with Crippen LogP contribution in [0.15, 0.2) is 36.4 Å². The lowest BCUT2D eigenvalue weighted by atomic mass is 10.2. The minimum absolute atomic E-state index is 0.197. The fourth-order valence-electron chi connectivity index (χ4n) is 1.96. The van der Waals surface area contributed by atoms with Gasteiger partial charge in [0, 0.05) is 21.5 Å². The average Bonchev–Trinajstić information content (AvgIpc) is 2.58. The van der Waals surface area contributed by atoms with E-state index in [-0.39, 0.29) is 22.2 Å². The molecule has 0 fully saturated rings. The Hall–Kier alpha value is -1.40. The molecular formula is C17H14Cl3NO3S. The van der Waals surface area contributed by atoms with Crippen LogP contribution in [-0.2, 0) is 15.3 Å². The second-order valence-electron chi connectivity index (χ2n) is 4.96. The van der Waals surface area contributed by atoms with E-state index in [1.807, 2.05) is 6.07 Å². The highest BCUT2D eigenvalue weighted by atomic mass is 35.5. The van der Waals surface area contributed by atoms with Crippen molar-refractivity contribution < 1.29 is 14.3 Å². The van der Waals surface area contributed by atoms with E-state index in [0.717, 1.165) is 5.56 Å². The molecule has 0 unspecified atom stereocenters. The Kier molecular flexibility index (Phi) is 7.44. The van der Waals surface area contributed by atoms with Crippen LogP contribution in [0.2, 0.25) is 15.1 Å². The minimum Gasteiger partial charge on any atom is -0.465 e. The van der Waals surface area contributed by atoms with Gasteiger partial charge in [0.2, 0.25) is 5.91 Å². The van der Waals surface area contributed by atoms with Gasteiger partial charge in [0.1, 0.15) is 0 Å². The van der Waals surface area contributed by atoms with Crippen molar-refractivity contribution in [1.82, 2.24) is 0 Å². The number of halogens is 3. The van der Waals surface area contributed by atoms with E-state index in [4.69, 9.17) is 34.8 Å². The Morgan fingerprint density at radius 2 is 1.84 bits per heavy atom. The van der Waals surface area contributed by atoms with Gasteiger partial charge in [-0.3, -0.25) is 4.79 Å². The van der Waals surface area contributed by atoms with Gasteiger partial charge in [-0.05, 0) is 35.9 Å². The van der Waals surface area contributed by atoms with Gasteiger partial charge in [0.15, 0.2) is 0 Å². The molecule has 1 amide bonds. The molecule has 0 saturated carbocycles. The fraction of sp³-hybridized carbons (Fsp3) is 0.176. The van der Waals surface area contributed by atoms with Crippen LogP contribution >= 0.6 is 46.6 Å². The number of nitrogens with one attached hydrogen (secondary N) is 1. The lowest BCUT2D eigenvalue weighted by Crippen LogP contribution is -2.15. The summed E-state index contributed by atoms with van der Waals surface area (Å²) in [6.07, 6.45) is 0. The second-order valence-corrected chi connectivity index (χ2v) is 7.20. The van der Waals surface area contributed by atoms with Gasteiger partial charge in [0.25, 0.3) is 0 Å². The van der Waals surface area contributed by atoms with Crippen LogP contribution in [0, 0.1) is 0 Å². The number of esters is 1. The van der Waals surface area contributed by atoms with Gasteiger partial charge in [-0.15, -0.1) is 11.8 Å². The summed E-state index contributed by atoms with van der Waals surface area (Å²) in [5.74, 6) is 0.0492. The molecule has 0 radical (unpaired) electrons. The highest BCUT2D eigenvalue weighted by Gasteiger charge is 2.12. The summed E-state index contributed by atoms with van der Waals surface area (Å²) in [7, 11) is 1.27. The number of hydrogen-bond donors (Lipinski definition) is 1. The monoisotopic (exact) mass is 417 g/mol. The van der Waals surface area contributed by atoms with Gasteiger partial charge < -0.3 is 10.1 Å². The molecule has 1 N–H and O–H groups in total. The molecule has 25 heavy (non-hydrogen) atoms. The first-order valence-electron chi connectivity index (χ1n) is 7.10. The number of thioether (sulfide) groups is 1. The van der Waals surface area contributed by atoms with E-state index in [9.17, 15) is 9.59 Å². The van der Waals surface area contributed by atoms with Crippen molar-refractivity contribution in [3.8, 4) is 0 Å². The Morgan fingerprint density at radius 3 is 2.52 bits per heavy atom. The zero-order chi connectivity index (χ0) is 18.4. The minimum atomic E-state index is -0.562. The molecule has 0 spiro atoms. The molecule has 0 atom stereocenters. The van der Waals surface area contributed by atoms with Gasteiger partial charge >= 0.3 is 5.97 Å². The van der Waals surface area contributed by atoms with E-state index < -0.39 is 5.97 Å². The summed E-state index contributed by atoms with van der Waals surface area (Å²) >= 11 is 19.3. The standard InChI is InChI=1S/C17H14Cl3NO3S/c1-24-17(23)13-7-12(4-5-14(13)19)21-16(22)9-25-8-10-2-3-11(18)6-15(10)20/h2-7H,8-9H2,1H3,(H,21,22). The number of carbonyl (C=O) groups excluding carboxylic acids is 2. The summed E-state index contributed by atoms with van der Waals surface area (Å²) in [5.41, 5.74) is 1.57. The first-order valence-corrected chi connectivity index (χ1v) is 9.39. The van der Waals surface area contributed by atoms with Crippen molar-refractivity contribution in [2.24, 2.45) is 0 Å². The third-order valence-electron chi connectivity index (χ3n) is 3.16. The topological polar surface area (TPSA) is 55.4 Å². The predicted octanol–water partition coefficient (Wildman–Crippen LogP) is 5.31. The van der Waals surface area contributed by atoms with Crippen LogP contribution in [-0.4, -0.2) is 24.7 Å². The zero-order valence-corrected chi connectivity index (χ0v) is 16.2. The maximum absolute atomic E-state index is 12.0. The van der Waals surface area contributed by atoms with Crippen LogP contribution in [0.25, 0.3) is 0 Å². The van der Waals surface area contributed by atoms with E-state index in [0.29, 0.717) is 21.5 Å². The third-order valence-corrected chi connectivity index (χ3v) is 5.06. The molecule has 0 bridgehead atoms. The van der Waals surface area contributed by atoms with E-state index in [1.54, 1.807) is 18.2 Å². The Labute approximate surface area is 164 Å². The Balaban J connectivity index is 1.91. The lowest BCUT2D eigenvalue weighted by molar-refractivity contribution is -0.113. The quantitative estimate of drug-likeness (QED) is 0.646. The maximum atomic E-state index is 12.0. The Bertz CT molecular complexity index is 799. The van der Waals surface area contributed by atoms with Crippen molar-refractivity contribution in [2.45, 2.75) is 5.75 Å². The smallest absolute Gasteiger partial charge is 0.339 e. The van der Waals surface area contributed by atoms with Crippen LogP contribution in [0.3, 0.4) is 0 Å². The molecular weight excluding hydrogens is 405 g/mol. The van der Waals surface area contributed by atoms with Gasteiger partial charge in [0.05, 0.1) is 23.4 Å². The molecule has 0 aliphatic rings. The molecule has 2 aromatic rings.